The van der Waals surface area contributed by atoms with Crippen LogP contribution in [0.3, 0.4) is 0 Å². The number of rotatable bonds is 34. The van der Waals surface area contributed by atoms with E-state index in [1.807, 2.05) is 183 Å². The van der Waals surface area contributed by atoms with Crippen LogP contribution in [0.5, 0.6) is 34.5 Å². The van der Waals surface area contributed by atoms with Crippen LogP contribution >= 0.6 is 0 Å². The summed E-state index contributed by atoms with van der Waals surface area (Å²) in [5.41, 5.74) is 22.5. The van der Waals surface area contributed by atoms with Gasteiger partial charge in [0.2, 0.25) is 0 Å². The molecule has 11 heterocycles. The summed E-state index contributed by atoms with van der Waals surface area (Å²) in [5.74, 6) is 3.35. The Kier molecular flexibility index (Phi) is 32.3. The number of anilines is 8. The number of amides is 1. The molecule has 2 fully saturated rings. The van der Waals surface area contributed by atoms with E-state index in [1.54, 1.807) is 125 Å². The third-order valence-corrected chi connectivity index (χ3v) is 24.2. The summed E-state index contributed by atoms with van der Waals surface area (Å²) in [6, 6.07) is 48.2. The highest BCUT2D eigenvalue weighted by molar-refractivity contribution is 5.96. The smallest absolute Gasteiger partial charge is 0.251 e. The number of aryl methyl sites for hydroxylation is 5. The van der Waals surface area contributed by atoms with E-state index in [0.29, 0.717) is 77.2 Å². The largest absolute Gasteiger partial charge is 0.497 e. The van der Waals surface area contributed by atoms with Gasteiger partial charge >= 0.3 is 0 Å². The molecule has 2 saturated heterocycles. The summed E-state index contributed by atoms with van der Waals surface area (Å²) in [7, 11) is 18.9. The quantitative estimate of drug-likeness (QED) is 0.0272. The van der Waals surface area contributed by atoms with E-state index in [1.165, 1.54) is 12.1 Å². The van der Waals surface area contributed by atoms with Gasteiger partial charge < -0.3 is 78.6 Å². The highest BCUT2D eigenvalue weighted by atomic mass is 19.1. The molecule has 2 atom stereocenters. The van der Waals surface area contributed by atoms with Gasteiger partial charge in [0.15, 0.2) is 0 Å². The molecule has 0 bridgehead atoms. The Morgan fingerprint density at radius 2 is 0.879 bits per heavy atom. The topological polar surface area (TPSA) is 352 Å². The zero-order valence-electron chi connectivity index (χ0n) is 81.7. The summed E-state index contributed by atoms with van der Waals surface area (Å²) in [6.45, 7) is 12.6. The van der Waals surface area contributed by atoms with Gasteiger partial charge in [-0.15, -0.1) is 0 Å². The summed E-state index contributed by atoms with van der Waals surface area (Å²) < 4.78 is 67.8. The van der Waals surface area contributed by atoms with Crippen molar-refractivity contribution in [3.05, 3.63) is 249 Å². The number of ether oxygens (including phenoxy) is 8. The van der Waals surface area contributed by atoms with Gasteiger partial charge in [-0.05, 0) is 149 Å². The van der Waals surface area contributed by atoms with E-state index >= 15 is 0 Å². The SMILES string of the molecule is CNC(=O)c1cc(OC)cc(N(CCO)c2ccc3ncc(-c4cnn(C5CCCCO5)c4)nc3c2)c1.COc1cc(F)cc(N(CCCNC(C)C)c2ccc3ncc(-c4cnn(C)c4)nc3c2)c1.COc1cc(OC)cc(N(CCNCC2CCCO2)c2ccc3ncc(-c4cnn(C)c4)nc3c2)c1.COc1cc(OC)cc(N(Cc2cc(C)n(C)n2)c2ccc3ncc(-c4cnn(C)c4)nc3c2)c1. The Hall–Kier alpha value is -15.6. The van der Waals surface area contributed by atoms with Crippen molar-refractivity contribution < 1.29 is 52.2 Å². The molecule has 141 heavy (non-hydrogen) atoms. The fourth-order valence-electron chi connectivity index (χ4n) is 16.7. The fourth-order valence-corrected chi connectivity index (χ4v) is 16.7. The highest BCUT2D eigenvalue weighted by Gasteiger charge is 2.25. The molecule has 4 N–H and O–H groups in total. The van der Waals surface area contributed by atoms with E-state index in [-0.39, 0.29) is 24.6 Å². The zero-order valence-corrected chi connectivity index (χ0v) is 81.7. The predicted octanol–water partition coefficient (Wildman–Crippen LogP) is 16.8. The number of benzene rings is 8. The van der Waals surface area contributed by atoms with Crippen molar-refractivity contribution in [3.8, 4) is 79.5 Å². The zero-order chi connectivity index (χ0) is 98.6. The summed E-state index contributed by atoms with van der Waals surface area (Å²) in [6.07, 6.45) is 28.5. The van der Waals surface area contributed by atoms with Crippen molar-refractivity contribution in [3.63, 3.8) is 0 Å². The normalized spacial score (nSPS) is 13.4. The first kappa shape index (κ1) is 98.4. The number of methoxy groups -OCH3 is 6. The van der Waals surface area contributed by atoms with E-state index in [2.05, 4.69) is 108 Å². The third kappa shape index (κ3) is 24.7. The molecule has 2 aliphatic heterocycles. The molecule has 0 aliphatic carbocycles. The lowest BCUT2D eigenvalue weighted by atomic mass is 10.1. The van der Waals surface area contributed by atoms with Crippen LogP contribution < -0.4 is 64.0 Å². The van der Waals surface area contributed by atoms with Crippen LogP contribution in [0.25, 0.3) is 89.2 Å². The lowest BCUT2D eigenvalue weighted by molar-refractivity contribution is -0.0394. The fraction of sp³-hybridized carbons (Fsp3) is 0.314. The maximum Gasteiger partial charge on any atom is 0.251 e. The molecule has 35 nitrogen and oxygen atoms in total. The Bertz CT molecular complexity index is 7070. The number of aliphatic hydroxyl groups is 1. The number of aliphatic hydroxyl groups excluding tert-OH is 1. The molecule has 730 valence electrons. The summed E-state index contributed by atoms with van der Waals surface area (Å²) in [5, 5.41) is 41.4. The van der Waals surface area contributed by atoms with E-state index in [0.717, 1.165) is 219 Å². The van der Waals surface area contributed by atoms with Crippen molar-refractivity contribution in [1.29, 1.82) is 0 Å². The van der Waals surface area contributed by atoms with Crippen molar-refractivity contribution in [1.82, 2.24) is 105 Å². The minimum absolute atomic E-state index is 0.0443. The van der Waals surface area contributed by atoms with Gasteiger partial charge in [-0.2, -0.15) is 25.5 Å². The molecule has 0 spiro atoms. The van der Waals surface area contributed by atoms with E-state index < -0.39 is 0 Å². The monoisotopic (exact) mass is 1910 g/mol. The van der Waals surface area contributed by atoms with Gasteiger partial charge in [-0.25, -0.2) is 29.0 Å². The average Bonchev–Trinajstić information content (AvgIpc) is 1.46. The Morgan fingerprint density at radius 1 is 0.454 bits per heavy atom. The Labute approximate surface area is 817 Å². The Balaban J connectivity index is 0.000000135. The molecule has 36 heteroatoms. The second-order valence-electron chi connectivity index (χ2n) is 34.4. The van der Waals surface area contributed by atoms with Gasteiger partial charge in [0.05, 0.1) is 184 Å². The number of halogens is 1. The number of carbonyl (C=O) groups is 1. The number of fused-ring (bicyclic) bond motifs is 4. The molecule has 17 aromatic rings. The van der Waals surface area contributed by atoms with E-state index in [9.17, 15) is 14.3 Å². The first-order valence-electron chi connectivity index (χ1n) is 46.8. The van der Waals surface area contributed by atoms with Crippen molar-refractivity contribution in [2.24, 2.45) is 28.2 Å². The van der Waals surface area contributed by atoms with E-state index in [4.69, 9.17) is 57.8 Å². The van der Waals surface area contributed by atoms with Crippen LogP contribution in [0.4, 0.5) is 49.9 Å². The Morgan fingerprint density at radius 3 is 1.30 bits per heavy atom. The van der Waals surface area contributed by atoms with Crippen LogP contribution in [0.2, 0.25) is 0 Å². The van der Waals surface area contributed by atoms with Crippen molar-refractivity contribution in [2.75, 3.05) is 128 Å². The van der Waals surface area contributed by atoms with Crippen LogP contribution in [-0.2, 0) is 44.2 Å². The van der Waals surface area contributed by atoms with Gasteiger partial charge in [0, 0.05) is 246 Å². The molecule has 2 aliphatic rings. The molecule has 1 amide bonds. The van der Waals surface area contributed by atoms with Crippen LogP contribution in [0.1, 0.15) is 80.3 Å². The second kappa shape index (κ2) is 46.2. The molecular formula is C105H118FN25O10. The number of hydrogen-bond donors (Lipinski definition) is 4. The van der Waals surface area contributed by atoms with Gasteiger partial charge in [-0.1, -0.05) is 13.8 Å². The summed E-state index contributed by atoms with van der Waals surface area (Å²) in [4.78, 5) is 58.6. The van der Waals surface area contributed by atoms with Crippen LogP contribution in [0, 0.1) is 12.7 Å². The summed E-state index contributed by atoms with van der Waals surface area (Å²) >= 11 is 0. The molecule has 2 unspecified atom stereocenters. The molecule has 0 saturated carbocycles. The molecule has 19 rings (SSSR count). The molecule has 9 aromatic heterocycles. The molecule has 8 aromatic carbocycles. The number of aromatic nitrogens is 18. The van der Waals surface area contributed by atoms with Crippen LogP contribution in [-0.4, -0.2) is 221 Å². The first-order chi connectivity index (χ1) is 68.6. The second-order valence-corrected chi connectivity index (χ2v) is 34.4. The number of hydrogen-bond acceptors (Lipinski definition) is 29. The lowest BCUT2D eigenvalue weighted by Gasteiger charge is -2.26. The standard InChI is InChI=1S/C27H30N6O4.C27H32N6O3.C26H27N7O2.C25H29FN6O/c1-28-27(35)18-11-21(13-22(12-18)36-2)32(8-9-34)20-6-7-23-24(14-20)31-25(16-29-23)19-15-30-33(17-19)26-5-3-4-10-37-26;1-32-18-19(15-30-32)27-17-29-25-7-6-20(13-26(25)31-27)33(9-8-28-16-22-5-4-10-36-22)21-11-23(34-2)14-24(12-21)35-3;1-17-8-19(30-32(17)3)16-33(21-9-22(34-4)12-23(10-21)35-5)20-6-7-24-25(11-20)29-26(14-27-24)18-13-28-31(2)15-18;1-17(2)27-8-5-9-32(21-10-19(26)11-22(12-21)33-4)20-6-7-23-24(13-20)30-25(15-28-23)18-14-29-31(3)16-18/h6-7,11-17,26,34H,3-5,8-10H2,1-2H3,(H,28,35);6-7,11-15,17-18,22,28H,4-5,8-10,16H2,1-3H3;6-15H,16H2,1-5H3;6-7,10-17,27H,5,8-9H2,1-4H3. The van der Waals surface area contributed by atoms with Crippen LogP contribution in [0.15, 0.2) is 226 Å². The number of nitrogens with zero attached hydrogens (tertiary/aromatic N) is 22. The highest BCUT2D eigenvalue weighted by Crippen LogP contribution is 2.41. The minimum atomic E-state index is -0.339. The van der Waals surface area contributed by atoms with Crippen molar-refractivity contribution >= 4 is 95.5 Å². The molecular weight excluding hydrogens is 1790 g/mol. The number of carbonyl (C=O) groups excluding carboxylic acids is 1. The maximum atomic E-state index is 14.3. The third-order valence-electron chi connectivity index (χ3n) is 24.2. The lowest BCUT2D eigenvalue weighted by Crippen LogP contribution is -2.33. The maximum absolute atomic E-state index is 14.3. The van der Waals surface area contributed by atoms with Gasteiger partial charge in [0.1, 0.15) is 46.5 Å². The van der Waals surface area contributed by atoms with Gasteiger partial charge in [-0.3, -0.25) is 43.5 Å². The predicted molar refractivity (Wildman–Crippen MR) is 545 cm³/mol. The first-order valence-corrected chi connectivity index (χ1v) is 46.8. The average molecular weight is 1910 g/mol. The van der Waals surface area contributed by atoms with Crippen molar-refractivity contribution in [2.45, 2.75) is 84.2 Å². The van der Waals surface area contributed by atoms with Gasteiger partial charge in [0.25, 0.3) is 5.91 Å². The molecule has 0 radical (unpaired) electrons. The minimum Gasteiger partial charge on any atom is -0.497 e. The number of nitrogens with one attached hydrogen (secondary N) is 3.